The highest BCUT2D eigenvalue weighted by Crippen LogP contribution is 2.15. The van der Waals surface area contributed by atoms with Crippen LogP contribution in [0, 0.1) is 0 Å². The van der Waals surface area contributed by atoms with Crippen LogP contribution in [0.2, 0.25) is 0 Å². The van der Waals surface area contributed by atoms with E-state index >= 15 is 0 Å². The number of hydrogen-bond acceptors (Lipinski definition) is 4. The number of pyridine rings is 1. The fraction of sp³-hybridized carbons (Fsp3) is 0.368. The molecule has 0 fully saturated rings. The molecule has 2 aromatic rings. The molecule has 0 aliphatic heterocycles. The Hall–Kier alpha value is -2.08. The van der Waals surface area contributed by atoms with Crippen LogP contribution in [0.4, 0.5) is 13.2 Å². The van der Waals surface area contributed by atoms with E-state index in [4.69, 9.17) is 4.74 Å². The molecule has 0 bridgehead atoms. The van der Waals surface area contributed by atoms with Gasteiger partial charge in [0.05, 0.1) is 19.3 Å². The van der Waals surface area contributed by atoms with Gasteiger partial charge in [0.25, 0.3) is 0 Å². The maximum absolute atomic E-state index is 12.1. The van der Waals surface area contributed by atoms with Gasteiger partial charge in [0.1, 0.15) is 19.0 Å². The molecule has 160 valence electrons. The maximum Gasteiger partial charge on any atom is 0.411 e. The van der Waals surface area contributed by atoms with Crippen molar-refractivity contribution in [1.29, 1.82) is 0 Å². The summed E-state index contributed by atoms with van der Waals surface area (Å²) in [5, 5.41) is 6.29. The number of nitrogens with zero attached hydrogens (tertiary/aromatic N) is 2. The summed E-state index contributed by atoms with van der Waals surface area (Å²) in [4.78, 5) is 8.10. The molecule has 0 aliphatic carbocycles. The lowest BCUT2D eigenvalue weighted by molar-refractivity contribution is -0.176. The quantitative estimate of drug-likeness (QED) is 0.228. The summed E-state index contributed by atoms with van der Waals surface area (Å²) in [7, 11) is 1.67. The smallest absolute Gasteiger partial charge is 0.411 e. The van der Waals surface area contributed by atoms with Crippen LogP contribution >= 0.6 is 24.0 Å². The standard InChI is InChI=1S/C19H23F3N4O2.HI/c1-23-18(25-9-10-28-17-3-2-8-24-12-17)26-11-15-4-6-16(7-5-15)13-27-14-19(20,21)22;/h2-8,12H,9-11,13-14H2,1H3,(H2,23,25,26);1H. The maximum atomic E-state index is 12.1. The van der Waals surface area contributed by atoms with Gasteiger partial charge in [-0.3, -0.25) is 9.98 Å². The highest BCUT2D eigenvalue weighted by molar-refractivity contribution is 14.0. The molecule has 2 rings (SSSR count). The van der Waals surface area contributed by atoms with Gasteiger partial charge in [-0.15, -0.1) is 24.0 Å². The predicted octanol–water partition coefficient (Wildman–Crippen LogP) is 3.52. The number of ether oxygens (including phenoxy) is 2. The van der Waals surface area contributed by atoms with Crippen molar-refractivity contribution in [2.24, 2.45) is 4.99 Å². The molecule has 1 aromatic heterocycles. The van der Waals surface area contributed by atoms with Crippen molar-refractivity contribution >= 4 is 29.9 Å². The Kier molecular flexibility index (Phi) is 11.4. The third-order valence-corrected chi connectivity index (χ3v) is 3.54. The van der Waals surface area contributed by atoms with Crippen molar-refractivity contribution in [3.05, 3.63) is 59.9 Å². The van der Waals surface area contributed by atoms with Crippen molar-refractivity contribution in [2.75, 3.05) is 26.8 Å². The van der Waals surface area contributed by atoms with Gasteiger partial charge >= 0.3 is 6.18 Å². The normalized spacial score (nSPS) is 11.5. The number of hydrogen-bond donors (Lipinski definition) is 2. The first-order valence-electron chi connectivity index (χ1n) is 8.66. The lowest BCUT2D eigenvalue weighted by Gasteiger charge is -2.13. The van der Waals surface area contributed by atoms with Crippen LogP contribution in [0.3, 0.4) is 0 Å². The summed E-state index contributed by atoms with van der Waals surface area (Å²) >= 11 is 0. The van der Waals surface area contributed by atoms with Gasteiger partial charge in [0, 0.05) is 19.8 Å². The van der Waals surface area contributed by atoms with Gasteiger partial charge in [-0.25, -0.2) is 0 Å². The Balaban J connectivity index is 0.00000420. The minimum Gasteiger partial charge on any atom is -0.490 e. The van der Waals surface area contributed by atoms with Crippen LogP contribution in [0.15, 0.2) is 53.8 Å². The number of aromatic nitrogens is 1. The topological polar surface area (TPSA) is 67.8 Å². The van der Waals surface area contributed by atoms with Crippen LogP contribution in [-0.2, 0) is 17.9 Å². The fourth-order valence-electron chi connectivity index (χ4n) is 2.22. The molecular weight excluding hydrogens is 500 g/mol. The molecule has 29 heavy (non-hydrogen) atoms. The summed E-state index contributed by atoms with van der Waals surface area (Å²) in [6, 6.07) is 10.8. The number of halogens is 4. The van der Waals surface area contributed by atoms with Gasteiger partial charge in [-0.2, -0.15) is 13.2 Å². The van der Waals surface area contributed by atoms with Crippen LogP contribution in [0.25, 0.3) is 0 Å². The lowest BCUT2D eigenvalue weighted by Crippen LogP contribution is -2.38. The zero-order valence-corrected chi connectivity index (χ0v) is 18.2. The molecule has 10 heteroatoms. The summed E-state index contributed by atoms with van der Waals surface area (Å²) in [5.74, 6) is 1.32. The molecule has 0 atom stereocenters. The first-order valence-corrected chi connectivity index (χ1v) is 8.66. The molecule has 0 spiro atoms. The van der Waals surface area contributed by atoms with E-state index in [2.05, 4.69) is 25.3 Å². The molecule has 1 aromatic carbocycles. The van der Waals surface area contributed by atoms with Crippen molar-refractivity contribution in [3.63, 3.8) is 0 Å². The minimum atomic E-state index is -4.31. The Morgan fingerprint density at radius 1 is 1.10 bits per heavy atom. The van der Waals surface area contributed by atoms with Crippen molar-refractivity contribution in [3.8, 4) is 5.75 Å². The van der Waals surface area contributed by atoms with Crippen LogP contribution < -0.4 is 15.4 Å². The first-order chi connectivity index (χ1) is 13.5. The Labute approximate surface area is 184 Å². The van der Waals surface area contributed by atoms with E-state index in [-0.39, 0.29) is 30.6 Å². The molecule has 0 saturated heterocycles. The van der Waals surface area contributed by atoms with Crippen LogP contribution in [-0.4, -0.2) is 43.9 Å². The van der Waals surface area contributed by atoms with Gasteiger partial charge in [-0.1, -0.05) is 24.3 Å². The average Bonchev–Trinajstić information content (AvgIpc) is 2.68. The number of rotatable bonds is 9. The number of guanidine groups is 1. The molecule has 6 nitrogen and oxygen atoms in total. The van der Waals surface area contributed by atoms with Crippen molar-refractivity contribution < 1.29 is 22.6 Å². The average molecular weight is 524 g/mol. The SMILES string of the molecule is CN=C(NCCOc1cccnc1)NCc1ccc(COCC(F)(F)F)cc1.I. The molecule has 1 heterocycles. The third kappa shape index (κ3) is 10.9. The van der Waals surface area contributed by atoms with Gasteiger partial charge in [-0.05, 0) is 23.3 Å². The van der Waals surface area contributed by atoms with Gasteiger partial charge in [0.15, 0.2) is 5.96 Å². The highest BCUT2D eigenvalue weighted by Gasteiger charge is 2.27. The van der Waals surface area contributed by atoms with E-state index in [1.807, 2.05) is 18.2 Å². The van der Waals surface area contributed by atoms with E-state index in [9.17, 15) is 13.2 Å². The number of alkyl halides is 3. The third-order valence-electron chi connectivity index (χ3n) is 3.54. The molecule has 0 amide bonds. The summed E-state index contributed by atoms with van der Waals surface area (Å²) in [6.07, 6.45) is -0.986. The number of nitrogens with one attached hydrogen (secondary N) is 2. The van der Waals surface area contributed by atoms with Crippen LogP contribution in [0.5, 0.6) is 5.75 Å². The number of aliphatic imine (C=N–C) groups is 1. The Bertz CT molecular complexity index is 728. The summed E-state index contributed by atoms with van der Waals surface area (Å²) < 4.78 is 46.4. The molecule has 0 radical (unpaired) electrons. The molecular formula is C19H24F3IN4O2. The van der Waals surface area contributed by atoms with E-state index in [0.717, 1.165) is 5.56 Å². The van der Waals surface area contributed by atoms with Gasteiger partial charge in [0.2, 0.25) is 0 Å². The highest BCUT2D eigenvalue weighted by atomic mass is 127. The van der Waals surface area contributed by atoms with E-state index in [1.165, 1.54) is 0 Å². The predicted molar refractivity (Wildman–Crippen MR) is 116 cm³/mol. The fourth-order valence-corrected chi connectivity index (χ4v) is 2.22. The molecule has 0 aliphatic rings. The second-order valence-electron chi connectivity index (χ2n) is 5.81. The largest absolute Gasteiger partial charge is 0.490 e. The van der Waals surface area contributed by atoms with Crippen LogP contribution in [0.1, 0.15) is 11.1 Å². The lowest BCUT2D eigenvalue weighted by atomic mass is 10.1. The zero-order valence-electron chi connectivity index (χ0n) is 15.9. The molecule has 0 unspecified atom stereocenters. The van der Waals surface area contributed by atoms with Gasteiger partial charge < -0.3 is 20.1 Å². The zero-order chi connectivity index (χ0) is 20.2. The number of benzene rings is 1. The Morgan fingerprint density at radius 3 is 2.45 bits per heavy atom. The molecule has 2 N–H and O–H groups in total. The second kappa shape index (κ2) is 13.2. The van der Waals surface area contributed by atoms with Crippen molar-refractivity contribution in [1.82, 2.24) is 15.6 Å². The van der Waals surface area contributed by atoms with Crippen molar-refractivity contribution in [2.45, 2.75) is 19.3 Å². The minimum absolute atomic E-state index is 0. The summed E-state index contributed by atoms with van der Waals surface area (Å²) in [6.45, 7) is 0.214. The molecule has 0 saturated carbocycles. The monoisotopic (exact) mass is 524 g/mol. The van der Waals surface area contributed by atoms with E-state index in [1.54, 1.807) is 37.6 Å². The van der Waals surface area contributed by atoms with E-state index in [0.29, 0.717) is 37.0 Å². The summed E-state index contributed by atoms with van der Waals surface area (Å²) in [5.41, 5.74) is 1.65. The second-order valence-corrected chi connectivity index (χ2v) is 5.81. The van der Waals surface area contributed by atoms with E-state index < -0.39 is 12.8 Å². The Morgan fingerprint density at radius 2 is 1.83 bits per heavy atom. The first kappa shape index (κ1) is 25.0.